The van der Waals surface area contributed by atoms with Gasteiger partial charge in [0.15, 0.2) is 11.5 Å². The minimum atomic E-state index is -0.284. The molecule has 0 aliphatic heterocycles. The summed E-state index contributed by atoms with van der Waals surface area (Å²) in [5.74, 6) is 1.22. The summed E-state index contributed by atoms with van der Waals surface area (Å²) >= 11 is 0. The first-order valence-electron chi connectivity index (χ1n) is 11.3. The molecule has 4 aromatic rings. The molecule has 0 saturated heterocycles. The number of nitrogens with zero attached hydrogens (tertiary/aromatic N) is 1. The van der Waals surface area contributed by atoms with Crippen LogP contribution in [0.1, 0.15) is 40.0 Å². The average Bonchev–Trinajstić information content (AvgIpc) is 3.30. The van der Waals surface area contributed by atoms with Gasteiger partial charge in [0.25, 0.3) is 5.91 Å². The van der Waals surface area contributed by atoms with Gasteiger partial charge in [-0.1, -0.05) is 48.0 Å². The highest BCUT2D eigenvalue weighted by molar-refractivity contribution is 5.97. The fraction of sp³-hybridized carbons (Fsp3) is 0.250. The number of hydrogen-bond donors (Lipinski definition) is 1. The lowest BCUT2D eigenvalue weighted by Gasteiger charge is -2.32. The SMILES string of the molecule is CCN(C(=O)c1cc(OC)c(OC)c(OC)c1)[C@H](c1ccc(C)cc1)c1c[nH]c2ccccc12. The first-order chi connectivity index (χ1) is 16.5. The van der Waals surface area contributed by atoms with Gasteiger partial charge in [-0.15, -0.1) is 0 Å². The molecule has 176 valence electrons. The van der Waals surface area contributed by atoms with E-state index in [9.17, 15) is 4.79 Å². The molecule has 1 amide bonds. The lowest BCUT2D eigenvalue weighted by atomic mass is 9.95. The Balaban J connectivity index is 1.87. The number of fused-ring (bicyclic) bond motifs is 1. The van der Waals surface area contributed by atoms with Crippen molar-refractivity contribution in [1.82, 2.24) is 9.88 Å². The minimum Gasteiger partial charge on any atom is -0.493 e. The van der Waals surface area contributed by atoms with Crippen LogP contribution in [0, 0.1) is 6.92 Å². The molecule has 3 aromatic carbocycles. The van der Waals surface area contributed by atoms with Crippen molar-refractivity contribution in [2.24, 2.45) is 0 Å². The second-order valence-electron chi connectivity index (χ2n) is 8.11. The van der Waals surface area contributed by atoms with Gasteiger partial charge < -0.3 is 24.1 Å². The summed E-state index contributed by atoms with van der Waals surface area (Å²) in [4.78, 5) is 19.2. The van der Waals surface area contributed by atoms with E-state index in [-0.39, 0.29) is 11.9 Å². The lowest BCUT2D eigenvalue weighted by molar-refractivity contribution is 0.0717. The fourth-order valence-electron chi connectivity index (χ4n) is 4.41. The van der Waals surface area contributed by atoms with Crippen molar-refractivity contribution in [3.05, 3.63) is 89.1 Å². The van der Waals surface area contributed by atoms with E-state index in [0.29, 0.717) is 29.4 Å². The van der Waals surface area contributed by atoms with E-state index in [4.69, 9.17) is 14.2 Å². The first kappa shape index (κ1) is 23.2. The van der Waals surface area contributed by atoms with Crippen molar-refractivity contribution < 1.29 is 19.0 Å². The molecule has 4 rings (SSSR count). The van der Waals surface area contributed by atoms with E-state index in [1.165, 1.54) is 5.56 Å². The van der Waals surface area contributed by atoms with E-state index in [0.717, 1.165) is 22.0 Å². The van der Waals surface area contributed by atoms with Crippen LogP contribution in [0.3, 0.4) is 0 Å². The second-order valence-corrected chi connectivity index (χ2v) is 8.11. The van der Waals surface area contributed by atoms with E-state index >= 15 is 0 Å². The molecule has 0 fully saturated rings. The number of aromatic amines is 1. The van der Waals surface area contributed by atoms with Gasteiger partial charge in [0.2, 0.25) is 5.75 Å². The van der Waals surface area contributed by atoms with Gasteiger partial charge in [-0.25, -0.2) is 0 Å². The van der Waals surface area contributed by atoms with Crippen LogP contribution < -0.4 is 14.2 Å². The summed E-state index contributed by atoms with van der Waals surface area (Å²) < 4.78 is 16.4. The summed E-state index contributed by atoms with van der Waals surface area (Å²) in [5.41, 5.74) is 4.75. The first-order valence-corrected chi connectivity index (χ1v) is 11.3. The van der Waals surface area contributed by atoms with Gasteiger partial charge in [-0.05, 0) is 37.6 Å². The molecule has 1 aromatic heterocycles. The number of H-pyrrole nitrogens is 1. The standard InChI is InChI=1S/C28H30N2O4/c1-6-30(28(31)20-15-24(32-3)27(34-5)25(16-20)33-4)26(19-13-11-18(2)12-14-19)22-17-29-23-10-8-7-9-21(22)23/h7-17,26,29H,6H2,1-5H3/t26-/m1/s1. The molecule has 0 aliphatic carbocycles. The topological polar surface area (TPSA) is 63.8 Å². The van der Waals surface area contributed by atoms with Gasteiger partial charge in [-0.3, -0.25) is 4.79 Å². The van der Waals surface area contributed by atoms with E-state index in [1.54, 1.807) is 33.5 Å². The average molecular weight is 459 g/mol. The molecule has 0 unspecified atom stereocenters. The Bertz CT molecular complexity index is 1270. The maximum Gasteiger partial charge on any atom is 0.254 e. The molecule has 0 spiro atoms. The number of benzene rings is 3. The Morgan fingerprint density at radius 2 is 1.59 bits per heavy atom. The van der Waals surface area contributed by atoms with Gasteiger partial charge in [0.05, 0.1) is 27.4 Å². The van der Waals surface area contributed by atoms with E-state index in [2.05, 4.69) is 42.2 Å². The Morgan fingerprint density at radius 3 is 2.18 bits per heavy atom. The summed E-state index contributed by atoms with van der Waals surface area (Å²) in [7, 11) is 4.64. The molecule has 0 bridgehead atoms. The number of para-hydroxylation sites is 1. The van der Waals surface area contributed by atoms with Crippen LogP contribution in [-0.4, -0.2) is 43.7 Å². The number of amides is 1. The monoisotopic (exact) mass is 458 g/mol. The predicted octanol–water partition coefficient (Wildman–Crippen LogP) is 5.75. The number of ether oxygens (including phenoxy) is 3. The highest BCUT2D eigenvalue weighted by atomic mass is 16.5. The molecule has 1 atom stereocenters. The smallest absolute Gasteiger partial charge is 0.254 e. The highest BCUT2D eigenvalue weighted by Crippen LogP contribution is 2.40. The van der Waals surface area contributed by atoms with Crippen molar-refractivity contribution >= 4 is 16.8 Å². The number of carbonyl (C=O) groups excluding carboxylic acids is 1. The zero-order valence-electron chi connectivity index (χ0n) is 20.2. The van der Waals surface area contributed by atoms with Crippen LogP contribution in [-0.2, 0) is 0 Å². The number of methoxy groups -OCH3 is 3. The number of rotatable bonds is 8. The van der Waals surface area contributed by atoms with Crippen molar-refractivity contribution in [2.75, 3.05) is 27.9 Å². The summed E-state index contributed by atoms with van der Waals surface area (Å²) in [6.07, 6.45) is 2.00. The zero-order valence-corrected chi connectivity index (χ0v) is 20.2. The normalized spacial score (nSPS) is 11.8. The second kappa shape index (κ2) is 9.91. The van der Waals surface area contributed by atoms with Gasteiger partial charge in [0.1, 0.15) is 0 Å². The van der Waals surface area contributed by atoms with Crippen molar-refractivity contribution in [2.45, 2.75) is 19.9 Å². The lowest BCUT2D eigenvalue weighted by Crippen LogP contribution is -2.35. The molecule has 6 nitrogen and oxygen atoms in total. The van der Waals surface area contributed by atoms with Gasteiger partial charge in [-0.2, -0.15) is 0 Å². The molecular formula is C28H30N2O4. The maximum absolute atomic E-state index is 14.0. The number of hydrogen-bond acceptors (Lipinski definition) is 4. The molecule has 0 saturated carbocycles. The molecular weight excluding hydrogens is 428 g/mol. The fourth-order valence-corrected chi connectivity index (χ4v) is 4.41. The van der Waals surface area contributed by atoms with E-state index in [1.807, 2.05) is 36.2 Å². The number of aromatic nitrogens is 1. The Kier molecular flexibility index (Phi) is 6.77. The Hall–Kier alpha value is -3.93. The van der Waals surface area contributed by atoms with Crippen LogP contribution in [0.5, 0.6) is 17.2 Å². The van der Waals surface area contributed by atoms with Crippen molar-refractivity contribution in [3.63, 3.8) is 0 Å². The van der Waals surface area contributed by atoms with Gasteiger partial charge >= 0.3 is 0 Å². The third-order valence-electron chi connectivity index (χ3n) is 6.13. The van der Waals surface area contributed by atoms with Crippen LogP contribution >= 0.6 is 0 Å². The highest BCUT2D eigenvalue weighted by Gasteiger charge is 2.30. The molecule has 1 N–H and O–H groups in total. The van der Waals surface area contributed by atoms with Crippen LogP contribution in [0.2, 0.25) is 0 Å². The minimum absolute atomic E-state index is 0.127. The van der Waals surface area contributed by atoms with E-state index < -0.39 is 0 Å². The molecule has 1 heterocycles. The number of aryl methyl sites for hydroxylation is 1. The molecule has 34 heavy (non-hydrogen) atoms. The largest absolute Gasteiger partial charge is 0.493 e. The third-order valence-corrected chi connectivity index (χ3v) is 6.13. The summed E-state index contributed by atoms with van der Waals surface area (Å²) in [6.45, 7) is 4.56. The zero-order chi connectivity index (χ0) is 24.2. The Morgan fingerprint density at radius 1 is 0.941 bits per heavy atom. The Labute approximate surface area is 200 Å². The molecule has 0 radical (unpaired) electrons. The number of carbonyl (C=O) groups is 1. The third kappa shape index (κ3) is 4.19. The van der Waals surface area contributed by atoms with Crippen LogP contribution in [0.15, 0.2) is 66.9 Å². The summed E-state index contributed by atoms with van der Waals surface area (Å²) in [5, 5.41) is 1.09. The van der Waals surface area contributed by atoms with Crippen molar-refractivity contribution in [3.8, 4) is 17.2 Å². The maximum atomic E-state index is 14.0. The molecule has 6 heteroatoms. The summed E-state index contributed by atoms with van der Waals surface area (Å²) in [6, 6.07) is 19.6. The predicted molar refractivity (Wildman–Crippen MR) is 134 cm³/mol. The molecule has 0 aliphatic rings. The van der Waals surface area contributed by atoms with Gasteiger partial charge in [0, 0.05) is 34.8 Å². The van der Waals surface area contributed by atoms with Crippen molar-refractivity contribution in [1.29, 1.82) is 0 Å². The van der Waals surface area contributed by atoms with Crippen LogP contribution in [0.25, 0.3) is 10.9 Å². The quantitative estimate of drug-likeness (QED) is 0.365. The number of nitrogens with one attached hydrogen (secondary N) is 1. The van der Waals surface area contributed by atoms with Crippen LogP contribution in [0.4, 0.5) is 0 Å².